The molecule has 0 fully saturated rings. The molecule has 32 heavy (non-hydrogen) atoms. The highest BCUT2D eigenvalue weighted by Gasteiger charge is 2.38. The first kappa shape index (κ1) is 32.0. The predicted octanol–water partition coefficient (Wildman–Crippen LogP) is 11.4. The van der Waals surface area contributed by atoms with Crippen LogP contribution in [0, 0.1) is 52.3 Å². The molecule has 0 aromatic rings. The second-order valence-corrected chi connectivity index (χ2v) is 14.2. The minimum absolute atomic E-state index is 0.398. The van der Waals surface area contributed by atoms with Crippen LogP contribution in [0.3, 0.4) is 0 Å². The van der Waals surface area contributed by atoms with Crippen LogP contribution >= 0.6 is 0 Å². The van der Waals surface area contributed by atoms with Crippen LogP contribution in [-0.4, -0.2) is 0 Å². The van der Waals surface area contributed by atoms with Crippen molar-refractivity contribution in [2.45, 2.75) is 154 Å². The Labute approximate surface area is 206 Å². The highest BCUT2D eigenvalue weighted by molar-refractivity contribution is 4.88. The Morgan fingerprint density at radius 3 is 1.59 bits per heavy atom. The summed E-state index contributed by atoms with van der Waals surface area (Å²) in [4.78, 5) is 0. The lowest BCUT2D eigenvalue weighted by Gasteiger charge is -2.44. The molecule has 0 aliphatic heterocycles. The minimum atomic E-state index is 0.398. The van der Waals surface area contributed by atoms with Crippen molar-refractivity contribution in [3.63, 3.8) is 0 Å². The summed E-state index contributed by atoms with van der Waals surface area (Å²) in [5.41, 5.74) is 0.909. The topological polar surface area (TPSA) is 0 Å². The van der Waals surface area contributed by atoms with E-state index in [-0.39, 0.29) is 0 Å². The van der Waals surface area contributed by atoms with Gasteiger partial charge in [-0.25, -0.2) is 0 Å². The standard InChI is InChI=1S/C32H66/c1-14-25(5)20-27(7)22-32(23-30(10)31(11,12)13,19-18-29(9)28(8)15-2)21-26(6)17-16-24(3)4/h24-30H,14-23H2,1-13H3. The normalized spacial score (nSPS) is 20.4. The Morgan fingerprint density at radius 1 is 0.562 bits per heavy atom. The second kappa shape index (κ2) is 15.1. The summed E-state index contributed by atoms with van der Waals surface area (Å²) in [5.74, 6) is 5.85. The highest BCUT2D eigenvalue weighted by atomic mass is 14.4. The number of rotatable bonds is 17. The van der Waals surface area contributed by atoms with E-state index in [0.29, 0.717) is 10.8 Å². The maximum Gasteiger partial charge on any atom is -0.0290 e. The molecule has 0 heteroatoms. The molecule has 0 amide bonds. The predicted molar refractivity (Wildman–Crippen MR) is 149 cm³/mol. The van der Waals surface area contributed by atoms with Crippen LogP contribution < -0.4 is 0 Å². The Morgan fingerprint density at radius 2 is 1.12 bits per heavy atom. The van der Waals surface area contributed by atoms with Gasteiger partial charge in [-0.3, -0.25) is 0 Å². The van der Waals surface area contributed by atoms with Gasteiger partial charge >= 0.3 is 0 Å². The van der Waals surface area contributed by atoms with E-state index in [2.05, 4.69) is 90.0 Å². The van der Waals surface area contributed by atoms with Gasteiger partial charge in [0, 0.05) is 0 Å². The van der Waals surface area contributed by atoms with Crippen LogP contribution in [0.25, 0.3) is 0 Å². The fourth-order valence-corrected chi connectivity index (χ4v) is 5.87. The van der Waals surface area contributed by atoms with Gasteiger partial charge in [-0.2, -0.15) is 0 Å². The van der Waals surface area contributed by atoms with Crippen molar-refractivity contribution in [3.05, 3.63) is 0 Å². The van der Waals surface area contributed by atoms with Crippen molar-refractivity contribution in [3.8, 4) is 0 Å². The van der Waals surface area contributed by atoms with E-state index in [0.717, 1.165) is 41.4 Å². The monoisotopic (exact) mass is 451 g/mol. The maximum atomic E-state index is 2.57. The average Bonchev–Trinajstić information content (AvgIpc) is 2.68. The third-order valence-electron chi connectivity index (χ3n) is 9.26. The van der Waals surface area contributed by atoms with Crippen molar-refractivity contribution in [2.75, 3.05) is 0 Å². The summed E-state index contributed by atoms with van der Waals surface area (Å²) in [6, 6.07) is 0. The molecule has 194 valence electrons. The molecule has 0 heterocycles. The van der Waals surface area contributed by atoms with Gasteiger partial charge in [0.15, 0.2) is 0 Å². The second-order valence-electron chi connectivity index (χ2n) is 14.2. The molecule has 0 aromatic carbocycles. The fraction of sp³-hybridized carbons (Fsp3) is 1.00. The molecule has 0 saturated carbocycles. The van der Waals surface area contributed by atoms with Gasteiger partial charge in [0.2, 0.25) is 0 Å². The van der Waals surface area contributed by atoms with Gasteiger partial charge in [-0.15, -0.1) is 0 Å². The molecule has 0 N–H and O–H groups in total. The van der Waals surface area contributed by atoms with E-state index < -0.39 is 0 Å². The van der Waals surface area contributed by atoms with Gasteiger partial charge in [-0.05, 0) is 90.8 Å². The molecule has 0 aliphatic carbocycles. The Bertz CT molecular complexity index is 455. The molecule has 0 saturated heterocycles. The highest BCUT2D eigenvalue weighted by Crippen LogP contribution is 2.49. The van der Waals surface area contributed by atoms with Crippen molar-refractivity contribution >= 4 is 0 Å². The van der Waals surface area contributed by atoms with E-state index in [1.54, 1.807) is 0 Å². The van der Waals surface area contributed by atoms with Gasteiger partial charge in [0.25, 0.3) is 0 Å². The Balaban J connectivity index is 5.85. The summed E-state index contributed by atoms with van der Waals surface area (Å²) in [6.45, 7) is 32.1. The largest absolute Gasteiger partial charge is 0.0651 e. The molecule has 0 spiro atoms. The fourth-order valence-electron chi connectivity index (χ4n) is 5.87. The van der Waals surface area contributed by atoms with E-state index >= 15 is 0 Å². The van der Waals surface area contributed by atoms with Gasteiger partial charge in [-0.1, -0.05) is 116 Å². The zero-order valence-electron chi connectivity index (χ0n) is 25.1. The summed E-state index contributed by atoms with van der Waals surface area (Å²) < 4.78 is 0. The van der Waals surface area contributed by atoms with Crippen molar-refractivity contribution in [1.29, 1.82) is 0 Å². The van der Waals surface area contributed by atoms with E-state index in [4.69, 9.17) is 0 Å². The zero-order chi connectivity index (χ0) is 25.1. The van der Waals surface area contributed by atoms with Crippen molar-refractivity contribution in [1.82, 2.24) is 0 Å². The smallest absolute Gasteiger partial charge is 0.0290 e. The van der Waals surface area contributed by atoms with Gasteiger partial charge in [0.1, 0.15) is 0 Å². The molecular weight excluding hydrogens is 384 g/mol. The molecule has 0 bridgehead atoms. The van der Waals surface area contributed by atoms with Gasteiger partial charge in [0.05, 0.1) is 0 Å². The Kier molecular flexibility index (Phi) is 15.1. The summed E-state index contributed by atoms with van der Waals surface area (Å²) in [6.07, 6.45) is 14.0. The van der Waals surface area contributed by atoms with E-state index in [1.807, 2.05) is 0 Å². The lowest BCUT2D eigenvalue weighted by molar-refractivity contribution is 0.0671. The first-order valence-corrected chi connectivity index (χ1v) is 14.7. The third kappa shape index (κ3) is 13.0. The lowest BCUT2D eigenvalue weighted by atomic mass is 9.61. The van der Waals surface area contributed by atoms with Crippen LogP contribution in [-0.2, 0) is 0 Å². The summed E-state index contributed by atoms with van der Waals surface area (Å²) >= 11 is 0. The van der Waals surface area contributed by atoms with Crippen molar-refractivity contribution < 1.29 is 0 Å². The third-order valence-corrected chi connectivity index (χ3v) is 9.26. The van der Waals surface area contributed by atoms with Crippen LogP contribution in [0.5, 0.6) is 0 Å². The SMILES string of the molecule is CCC(C)CC(C)CC(CCC(C)C(C)CC)(CC(C)CCC(C)C)CC(C)C(C)(C)C. The van der Waals surface area contributed by atoms with Crippen LogP contribution in [0.15, 0.2) is 0 Å². The molecule has 0 radical (unpaired) electrons. The molecule has 0 nitrogen and oxygen atoms in total. The number of hydrogen-bond acceptors (Lipinski definition) is 0. The molecular formula is C32H66. The van der Waals surface area contributed by atoms with Crippen LogP contribution in [0.2, 0.25) is 0 Å². The molecule has 0 aromatic heterocycles. The summed E-state index contributed by atoms with van der Waals surface area (Å²) in [7, 11) is 0. The lowest BCUT2D eigenvalue weighted by Crippen LogP contribution is -2.33. The zero-order valence-corrected chi connectivity index (χ0v) is 25.1. The van der Waals surface area contributed by atoms with Crippen LogP contribution in [0.4, 0.5) is 0 Å². The quantitative estimate of drug-likeness (QED) is 0.206. The minimum Gasteiger partial charge on any atom is -0.0651 e. The molecule has 0 rings (SSSR count). The maximum absolute atomic E-state index is 2.57. The van der Waals surface area contributed by atoms with Crippen molar-refractivity contribution in [2.24, 2.45) is 52.3 Å². The van der Waals surface area contributed by atoms with E-state index in [1.165, 1.54) is 64.2 Å². The first-order chi connectivity index (χ1) is 14.7. The average molecular weight is 451 g/mol. The van der Waals surface area contributed by atoms with E-state index in [9.17, 15) is 0 Å². The van der Waals surface area contributed by atoms with Gasteiger partial charge < -0.3 is 0 Å². The summed E-state index contributed by atoms with van der Waals surface area (Å²) in [5, 5.41) is 0. The molecule has 7 unspecified atom stereocenters. The molecule has 7 atom stereocenters. The first-order valence-electron chi connectivity index (χ1n) is 14.7. The van der Waals surface area contributed by atoms with Crippen LogP contribution in [0.1, 0.15) is 154 Å². The molecule has 0 aliphatic rings. The Hall–Kier alpha value is 0. The number of hydrogen-bond donors (Lipinski definition) is 0.